The molecule has 112 valence electrons. The number of nitrogens with zero attached hydrogens (tertiary/aromatic N) is 1. The van der Waals surface area contributed by atoms with Gasteiger partial charge >= 0.3 is 0 Å². The predicted octanol–water partition coefficient (Wildman–Crippen LogP) is 1.25. The Kier molecular flexibility index (Phi) is 6.06. The molecule has 21 heavy (non-hydrogen) atoms. The molecule has 2 amide bonds. The second kappa shape index (κ2) is 7.78. The number of nitrogens with one attached hydrogen (secondary N) is 2. The van der Waals surface area contributed by atoms with Gasteiger partial charge in [0.2, 0.25) is 11.8 Å². The van der Waals surface area contributed by atoms with E-state index in [0.717, 1.165) is 6.08 Å². The van der Waals surface area contributed by atoms with Crippen LogP contribution in [0.15, 0.2) is 30.3 Å². The van der Waals surface area contributed by atoms with Crippen molar-refractivity contribution in [2.24, 2.45) is 0 Å². The van der Waals surface area contributed by atoms with Crippen molar-refractivity contribution in [3.05, 3.63) is 46.0 Å². The van der Waals surface area contributed by atoms with Crippen LogP contribution in [0.3, 0.4) is 0 Å². The number of para-hydroxylation sites is 1. The lowest BCUT2D eigenvalue weighted by Crippen LogP contribution is -2.44. The maximum absolute atomic E-state index is 11.7. The molecule has 1 aromatic carbocycles. The first-order valence-corrected chi connectivity index (χ1v) is 6.45. The van der Waals surface area contributed by atoms with Gasteiger partial charge in [0.15, 0.2) is 0 Å². The van der Waals surface area contributed by atoms with Crippen molar-refractivity contribution in [1.82, 2.24) is 10.6 Å². The Morgan fingerprint density at radius 2 is 2.05 bits per heavy atom. The third kappa shape index (κ3) is 5.06. The van der Waals surface area contributed by atoms with Gasteiger partial charge in [0.05, 0.1) is 10.5 Å². The Bertz CT molecular complexity index is 569. The molecule has 0 radical (unpaired) electrons. The maximum atomic E-state index is 11.7. The second-order valence-corrected chi connectivity index (χ2v) is 4.27. The summed E-state index contributed by atoms with van der Waals surface area (Å²) < 4.78 is 0. The van der Waals surface area contributed by atoms with Crippen LogP contribution in [-0.4, -0.2) is 29.3 Å². The van der Waals surface area contributed by atoms with Crippen molar-refractivity contribution >= 4 is 23.6 Å². The van der Waals surface area contributed by atoms with Crippen LogP contribution < -0.4 is 10.6 Å². The average Bonchev–Trinajstić information content (AvgIpc) is 2.45. The van der Waals surface area contributed by atoms with E-state index in [9.17, 15) is 19.7 Å². The van der Waals surface area contributed by atoms with Crippen LogP contribution in [0.25, 0.3) is 6.08 Å². The third-order valence-corrected chi connectivity index (χ3v) is 2.65. The van der Waals surface area contributed by atoms with E-state index in [0.29, 0.717) is 12.1 Å². The third-order valence-electron chi connectivity index (χ3n) is 2.65. The van der Waals surface area contributed by atoms with Crippen LogP contribution in [0, 0.1) is 10.1 Å². The highest BCUT2D eigenvalue weighted by Gasteiger charge is 2.13. The summed E-state index contributed by atoms with van der Waals surface area (Å²) in [6, 6.07) is 5.41. The monoisotopic (exact) mass is 291 g/mol. The molecule has 1 rings (SSSR count). The molecule has 0 bridgehead atoms. The quantitative estimate of drug-likeness (QED) is 0.468. The Morgan fingerprint density at radius 3 is 2.67 bits per heavy atom. The van der Waals surface area contributed by atoms with Gasteiger partial charge in [-0.25, -0.2) is 0 Å². The molecule has 1 aromatic rings. The zero-order chi connectivity index (χ0) is 15.8. The molecule has 0 aliphatic heterocycles. The Hall–Kier alpha value is -2.70. The maximum Gasteiger partial charge on any atom is 0.276 e. The molecule has 7 heteroatoms. The number of amides is 2. The smallest absolute Gasteiger partial charge is 0.276 e. The molecule has 0 saturated heterocycles. The molecule has 2 N–H and O–H groups in total. The first-order valence-electron chi connectivity index (χ1n) is 6.45. The van der Waals surface area contributed by atoms with Gasteiger partial charge in [0.25, 0.3) is 5.69 Å². The number of nitro groups is 1. The van der Waals surface area contributed by atoms with Crippen LogP contribution in [-0.2, 0) is 9.59 Å². The zero-order valence-corrected chi connectivity index (χ0v) is 11.8. The summed E-state index contributed by atoms with van der Waals surface area (Å²) in [7, 11) is 0. The van der Waals surface area contributed by atoms with E-state index in [1.807, 2.05) is 0 Å². The van der Waals surface area contributed by atoms with E-state index in [1.165, 1.54) is 18.2 Å². The molecular weight excluding hydrogens is 274 g/mol. The summed E-state index contributed by atoms with van der Waals surface area (Å²) >= 11 is 0. The normalized spacial score (nSPS) is 11.9. The summed E-state index contributed by atoms with van der Waals surface area (Å²) in [6.45, 7) is 3.81. The Labute approximate surface area is 122 Å². The minimum atomic E-state index is -0.673. The van der Waals surface area contributed by atoms with Crippen LogP contribution in [0.5, 0.6) is 0 Å². The SMILES string of the molecule is CCNC(=O)[C@H](C)NC(=O)/C=C/c1ccccc1[N+](=O)[O-]. The molecule has 0 fully saturated rings. The second-order valence-electron chi connectivity index (χ2n) is 4.27. The van der Waals surface area contributed by atoms with Crippen LogP contribution in [0.4, 0.5) is 5.69 Å². The van der Waals surface area contributed by atoms with Crippen LogP contribution in [0.2, 0.25) is 0 Å². The number of hydrogen-bond donors (Lipinski definition) is 2. The van der Waals surface area contributed by atoms with E-state index >= 15 is 0 Å². The predicted molar refractivity (Wildman–Crippen MR) is 78.4 cm³/mol. The largest absolute Gasteiger partial charge is 0.355 e. The standard InChI is InChI=1S/C14H17N3O4/c1-3-15-14(19)10(2)16-13(18)9-8-11-6-4-5-7-12(11)17(20)21/h4-10H,3H2,1-2H3,(H,15,19)(H,16,18)/b9-8+/t10-/m0/s1. The molecule has 0 unspecified atom stereocenters. The molecule has 0 saturated carbocycles. The average molecular weight is 291 g/mol. The molecular formula is C14H17N3O4. The number of rotatable bonds is 6. The van der Waals surface area contributed by atoms with E-state index in [1.54, 1.807) is 26.0 Å². The minimum Gasteiger partial charge on any atom is -0.355 e. The number of likely N-dealkylation sites (N-methyl/N-ethyl adjacent to an activating group) is 1. The Morgan fingerprint density at radius 1 is 1.38 bits per heavy atom. The zero-order valence-electron chi connectivity index (χ0n) is 11.8. The molecule has 0 aliphatic rings. The minimum absolute atomic E-state index is 0.0849. The van der Waals surface area contributed by atoms with Gasteiger partial charge in [-0.05, 0) is 26.0 Å². The molecule has 0 spiro atoms. The molecule has 0 aromatic heterocycles. The van der Waals surface area contributed by atoms with Gasteiger partial charge in [0, 0.05) is 18.7 Å². The highest BCUT2D eigenvalue weighted by atomic mass is 16.6. The topological polar surface area (TPSA) is 101 Å². The molecule has 0 heterocycles. The van der Waals surface area contributed by atoms with E-state index in [4.69, 9.17) is 0 Å². The summed E-state index contributed by atoms with van der Waals surface area (Å²) in [5, 5.41) is 15.9. The number of hydrogen-bond acceptors (Lipinski definition) is 4. The summed E-state index contributed by atoms with van der Waals surface area (Å²) in [5.41, 5.74) is 0.238. The number of carbonyl (C=O) groups excluding carboxylic acids is 2. The lowest BCUT2D eigenvalue weighted by atomic mass is 10.1. The van der Waals surface area contributed by atoms with E-state index < -0.39 is 16.9 Å². The van der Waals surface area contributed by atoms with Crippen LogP contribution in [0.1, 0.15) is 19.4 Å². The van der Waals surface area contributed by atoms with Crippen molar-refractivity contribution < 1.29 is 14.5 Å². The fraction of sp³-hybridized carbons (Fsp3) is 0.286. The number of nitro benzene ring substituents is 1. The lowest BCUT2D eigenvalue weighted by Gasteiger charge is -2.11. The van der Waals surface area contributed by atoms with Crippen molar-refractivity contribution in [2.75, 3.05) is 6.54 Å². The highest BCUT2D eigenvalue weighted by molar-refractivity contribution is 5.95. The van der Waals surface area contributed by atoms with Crippen molar-refractivity contribution in [1.29, 1.82) is 0 Å². The van der Waals surface area contributed by atoms with Gasteiger partial charge in [-0.1, -0.05) is 12.1 Å². The summed E-state index contributed by atoms with van der Waals surface area (Å²) in [4.78, 5) is 33.4. The Balaban J connectivity index is 2.71. The first-order chi connectivity index (χ1) is 9.95. The van der Waals surface area contributed by atoms with Crippen molar-refractivity contribution in [2.45, 2.75) is 19.9 Å². The highest BCUT2D eigenvalue weighted by Crippen LogP contribution is 2.18. The first kappa shape index (κ1) is 16.4. The van der Waals surface area contributed by atoms with Gasteiger partial charge in [0.1, 0.15) is 6.04 Å². The van der Waals surface area contributed by atoms with E-state index in [2.05, 4.69) is 10.6 Å². The van der Waals surface area contributed by atoms with Gasteiger partial charge in [-0.3, -0.25) is 19.7 Å². The van der Waals surface area contributed by atoms with Gasteiger partial charge < -0.3 is 10.6 Å². The van der Waals surface area contributed by atoms with Crippen molar-refractivity contribution in [3.8, 4) is 0 Å². The summed E-state index contributed by atoms with van der Waals surface area (Å²) in [6.07, 6.45) is 2.51. The number of benzene rings is 1. The lowest BCUT2D eigenvalue weighted by molar-refractivity contribution is -0.385. The fourth-order valence-corrected chi connectivity index (χ4v) is 1.61. The number of carbonyl (C=O) groups is 2. The van der Waals surface area contributed by atoms with Crippen molar-refractivity contribution in [3.63, 3.8) is 0 Å². The van der Waals surface area contributed by atoms with Crippen LogP contribution >= 0.6 is 0 Å². The summed E-state index contributed by atoms with van der Waals surface area (Å²) in [5.74, 6) is -0.781. The van der Waals surface area contributed by atoms with Gasteiger partial charge in [-0.15, -0.1) is 0 Å². The van der Waals surface area contributed by atoms with E-state index in [-0.39, 0.29) is 11.6 Å². The molecule has 0 aliphatic carbocycles. The van der Waals surface area contributed by atoms with Gasteiger partial charge in [-0.2, -0.15) is 0 Å². The fourth-order valence-electron chi connectivity index (χ4n) is 1.61. The molecule has 1 atom stereocenters. The molecule has 7 nitrogen and oxygen atoms in total.